The molecule has 3 unspecified atom stereocenters. The highest BCUT2D eigenvalue weighted by Gasteiger charge is 2.31. The van der Waals surface area contributed by atoms with E-state index in [2.05, 4.69) is 327 Å². The lowest BCUT2D eigenvalue weighted by Crippen LogP contribution is -2.41. The van der Waals surface area contributed by atoms with Crippen LogP contribution in [-0.4, -0.2) is 217 Å². The summed E-state index contributed by atoms with van der Waals surface area (Å²) in [6, 6.07) is 8.90. The van der Waals surface area contributed by atoms with E-state index in [4.69, 9.17) is 0 Å². The van der Waals surface area contributed by atoms with Gasteiger partial charge in [0.1, 0.15) is 0 Å². The monoisotopic (exact) mass is 1600 g/mol. The van der Waals surface area contributed by atoms with Crippen LogP contribution in [0.3, 0.4) is 0 Å². The first-order valence-corrected chi connectivity index (χ1v) is 50.0. The Labute approximate surface area is 716 Å². The van der Waals surface area contributed by atoms with Gasteiger partial charge < -0.3 is 44.9 Å². The van der Waals surface area contributed by atoms with Gasteiger partial charge in [-0.15, -0.1) is 0 Å². The average Bonchev–Trinajstić information content (AvgIpc) is 1.84. The molecule has 0 aromatic rings. The van der Waals surface area contributed by atoms with Crippen LogP contribution < -0.4 is 10.6 Å². The molecule has 8 aliphatic rings. The maximum absolute atomic E-state index is 3.64. The number of hydrogen-bond acceptors (Lipinski definition) is 10. The lowest BCUT2D eigenvalue weighted by Gasteiger charge is -2.37. The van der Waals surface area contributed by atoms with Crippen LogP contribution in [0.25, 0.3) is 0 Å². The Morgan fingerprint density at radius 3 is 0.894 bits per heavy atom. The first kappa shape index (κ1) is 115. The molecule has 7 saturated heterocycles. The Kier molecular flexibility index (Phi) is 66.2. The van der Waals surface area contributed by atoms with Crippen molar-refractivity contribution in [3.8, 4) is 0 Å². The molecular formula is C103H220N10. The van der Waals surface area contributed by atoms with Gasteiger partial charge in [0.2, 0.25) is 0 Å². The predicted octanol–water partition coefficient (Wildman–Crippen LogP) is 26.1. The van der Waals surface area contributed by atoms with Crippen LogP contribution in [0, 0.1) is 94.7 Å². The molecule has 113 heavy (non-hydrogen) atoms. The highest BCUT2D eigenvalue weighted by atomic mass is 15.2. The molecule has 1 saturated carbocycles. The SMILES string of the molecule is CC(C)C1CCCN(C(C)C)C1.CC(C)C1CCN(C(C)C)C1.CC(C)C1CCN(C(C)C)CC1.CC(C)C1CCN(C(C)C)CC1.CC(C)CC1CCCN1C(C)C.CC(C)CCN(C)C(C)C.CC(C)CCNC(C)C.CC(C)N1CCC[C@H](C)C1.CC(C)NC1CCC(C(C)C)CC1.CC(C)[C@@H]1CCCN(C(C)C)C1. The Hall–Kier alpha value is -0.400. The largest absolute Gasteiger partial charge is 0.315 e. The van der Waals surface area contributed by atoms with E-state index in [0.717, 1.165) is 156 Å². The molecular weight excluding hydrogens is 1380 g/mol. The van der Waals surface area contributed by atoms with E-state index in [0.29, 0.717) is 18.1 Å². The van der Waals surface area contributed by atoms with Crippen LogP contribution in [0.4, 0.5) is 0 Å². The average molecular weight is 1600 g/mol. The van der Waals surface area contributed by atoms with Crippen LogP contribution >= 0.6 is 0 Å². The van der Waals surface area contributed by atoms with Crippen molar-refractivity contribution in [2.45, 2.75) is 471 Å². The van der Waals surface area contributed by atoms with Gasteiger partial charge in [-0.25, -0.2) is 0 Å². The first-order valence-electron chi connectivity index (χ1n) is 50.0. The van der Waals surface area contributed by atoms with E-state index in [1.807, 2.05) is 0 Å². The van der Waals surface area contributed by atoms with E-state index < -0.39 is 0 Å². The van der Waals surface area contributed by atoms with Crippen LogP contribution in [0.5, 0.6) is 0 Å². The van der Waals surface area contributed by atoms with E-state index in [1.54, 1.807) is 0 Å². The highest BCUT2D eigenvalue weighted by molar-refractivity contribution is 4.85. The molecule has 10 nitrogen and oxygen atoms in total. The number of piperidine rings is 5. The smallest absolute Gasteiger partial charge is 0.0101 e. The summed E-state index contributed by atoms with van der Waals surface area (Å²) >= 11 is 0. The van der Waals surface area contributed by atoms with Gasteiger partial charge in [-0.2, -0.15) is 0 Å². The molecule has 0 bridgehead atoms. The van der Waals surface area contributed by atoms with Crippen molar-refractivity contribution in [2.75, 3.05) is 105 Å². The van der Waals surface area contributed by atoms with Gasteiger partial charge in [0, 0.05) is 98.7 Å². The maximum Gasteiger partial charge on any atom is 0.0101 e. The zero-order valence-corrected chi connectivity index (χ0v) is 85.5. The van der Waals surface area contributed by atoms with Crippen molar-refractivity contribution >= 4 is 0 Å². The first-order chi connectivity index (χ1) is 52.6. The second-order valence-electron chi connectivity index (χ2n) is 44.1. The fourth-order valence-corrected chi connectivity index (χ4v) is 18.0. The zero-order valence-electron chi connectivity index (χ0n) is 85.5. The molecule has 8 rings (SSSR count). The fraction of sp³-hybridized carbons (Fsp3) is 1.00. The Morgan fingerprint density at radius 2 is 0.611 bits per heavy atom. The third-order valence-corrected chi connectivity index (χ3v) is 27.5. The van der Waals surface area contributed by atoms with Crippen LogP contribution in [-0.2, 0) is 0 Å². The number of hydrogen-bond donors (Lipinski definition) is 2. The number of likely N-dealkylation sites (tertiary alicyclic amines) is 7. The number of rotatable bonds is 25. The van der Waals surface area contributed by atoms with Crippen LogP contribution in [0.1, 0.15) is 398 Å². The number of nitrogens with zero attached hydrogens (tertiary/aromatic N) is 8. The van der Waals surface area contributed by atoms with Crippen molar-refractivity contribution in [1.82, 2.24) is 49.8 Å². The minimum Gasteiger partial charge on any atom is -0.315 e. The molecule has 0 radical (unpaired) electrons. The Morgan fingerprint density at radius 1 is 0.292 bits per heavy atom. The molecule has 0 spiro atoms. The van der Waals surface area contributed by atoms with Gasteiger partial charge in [-0.05, 0) is 413 Å². The van der Waals surface area contributed by atoms with E-state index in [-0.39, 0.29) is 0 Å². The molecule has 0 aromatic heterocycles. The van der Waals surface area contributed by atoms with Gasteiger partial charge in [0.25, 0.3) is 0 Å². The van der Waals surface area contributed by atoms with Crippen molar-refractivity contribution in [2.24, 2.45) is 94.7 Å². The predicted molar refractivity (Wildman–Crippen MR) is 515 cm³/mol. The van der Waals surface area contributed by atoms with Crippen molar-refractivity contribution in [3.63, 3.8) is 0 Å². The summed E-state index contributed by atoms with van der Waals surface area (Å²) in [5.41, 5.74) is 0. The Balaban J connectivity index is 0. The van der Waals surface area contributed by atoms with Crippen molar-refractivity contribution in [1.29, 1.82) is 0 Å². The summed E-state index contributed by atoms with van der Waals surface area (Å²) in [7, 11) is 2.19. The summed E-state index contributed by atoms with van der Waals surface area (Å²) in [6.45, 7) is 109. The van der Waals surface area contributed by atoms with Crippen LogP contribution in [0.2, 0.25) is 0 Å². The third-order valence-electron chi connectivity index (χ3n) is 27.5. The summed E-state index contributed by atoms with van der Waals surface area (Å²) in [4.78, 5) is 20.7. The second-order valence-corrected chi connectivity index (χ2v) is 44.1. The molecule has 682 valence electrons. The van der Waals surface area contributed by atoms with Gasteiger partial charge in [0.05, 0.1) is 0 Å². The lowest BCUT2D eigenvalue weighted by atomic mass is 9.79. The molecule has 0 aromatic carbocycles. The molecule has 5 atom stereocenters. The Bertz CT molecular complexity index is 1920. The molecule has 0 amide bonds. The van der Waals surface area contributed by atoms with Crippen LogP contribution in [0.15, 0.2) is 0 Å². The minimum atomic E-state index is 0.642. The van der Waals surface area contributed by atoms with Gasteiger partial charge in [0.15, 0.2) is 0 Å². The quantitative estimate of drug-likeness (QED) is 0.0925. The van der Waals surface area contributed by atoms with E-state index >= 15 is 0 Å². The molecule has 7 heterocycles. The third kappa shape index (κ3) is 56.8. The second kappa shape index (κ2) is 65.3. The summed E-state index contributed by atoms with van der Waals surface area (Å²) in [6.07, 6.45) is 28.1. The van der Waals surface area contributed by atoms with Crippen molar-refractivity contribution < 1.29 is 0 Å². The van der Waals surface area contributed by atoms with Crippen molar-refractivity contribution in [3.05, 3.63) is 0 Å². The summed E-state index contributed by atoms with van der Waals surface area (Å²) in [5, 5.41) is 7.02. The standard InChI is InChI=1S/C12H25N.5C11H23N.C10H21N.C9H19N.C9H21N.C8H19N/c1-9(2)11-5-7-12(8-6-11)13-10(3)4;2*1-9(2)11-5-7-12(8-6-11)10(3)4;2*1-9(2)11-6-5-7-12(8-11)10(3)4;1-9(2)8-11-6-5-7-12(11)10(3)4;1-8(2)10-5-6-11(7-10)9(3)4;1-8(2)10-6-4-5-9(3)7-10;1-8(2)6-7-10(5)9(3)4;1-7(2)5-6-9-8(3)4/h9-13H,5-8H2,1-4H3;5*9-11H,5-8H2,1-4H3;8-10H,5-7H2,1-4H3;8-9H,4-7H2,1-3H3;8-9H,6-7H2,1-5H3;7-9H,5-6H2,1-4H3/t;;;11-;;;;9-;;/m...1...0../s1. The van der Waals surface area contributed by atoms with E-state index in [9.17, 15) is 0 Å². The topological polar surface area (TPSA) is 50.0 Å². The summed E-state index contributed by atoms with van der Waals surface area (Å²) in [5.74, 6) is 14.5. The zero-order chi connectivity index (χ0) is 86.9. The summed E-state index contributed by atoms with van der Waals surface area (Å²) < 4.78 is 0. The van der Waals surface area contributed by atoms with Gasteiger partial charge >= 0.3 is 0 Å². The minimum absolute atomic E-state index is 0.642. The molecule has 10 heteroatoms. The molecule has 8 fully saturated rings. The normalized spacial score (nSPS) is 23.9. The fourth-order valence-electron chi connectivity index (χ4n) is 18.0. The lowest BCUT2D eigenvalue weighted by molar-refractivity contribution is 0.117. The molecule has 1 aliphatic carbocycles. The van der Waals surface area contributed by atoms with Gasteiger partial charge in [-0.1, -0.05) is 159 Å². The maximum atomic E-state index is 3.64. The molecule has 2 N–H and O–H groups in total. The molecule has 7 aliphatic heterocycles. The van der Waals surface area contributed by atoms with Gasteiger partial charge in [-0.3, -0.25) is 4.90 Å². The highest BCUT2D eigenvalue weighted by Crippen LogP contribution is 2.32. The van der Waals surface area contributed by atoms with E-state index in [1.165, 1.54) is 220 Å². The number of nitrogens with one attached hydrogen (secondary N) is 2.